The van der Waals surface area contributed by atoms with Gasteiger partial charge in [-0.2, -0.15) is 5.10 Å². The number of hydrogen-bond donors (Lipinski definition) is 2. The molecular formula is C14H20N4O2. The molecule has 0 amide bonds. The number of hydrogen-bond acceptors (Lipinski definition) is 4. The number of anilines is 1. The number of carbonyl (C=O) groups is 1. The molecule has 0 saturated heterocycles. The largest absolute Gasteiger partial charge is 0.481 e. The van der Waals surface area contributed by atoms with E-state index in [0.29, 0.717) is 11.7 Å². The second-order valence-electron chi connectivity index (χ2n) is 5.91. The first-order valence-electron chi connectivity index (χ1n) is 6.63. The molecular weight excluding hydrogens is 256 g/mol. The van der Waals surface area contributed by atoms with Crippen LogP contribution in [0.5, 0.6) is 0 Å². The minimum Gasteiger partial charge on any atom is -0.481 e. The van der Waals surface area contributed by atoms with E-state index in [-0.39, 0.29) is 6.42 Å². The smallest absolute Gasteiger partial charge is 0.305 e. The van der Waals surface area contributed by atoms with Crippen LogP contribution in [-0.4, -0.2) is 31.2 Å². The molecule has 2 heterocycles. The Kier molecular flexibility index (Phi) is 3.65. The summed E-state index contributed by atoms with van der Waals surface area (Å²) >= 11 is 0. The average molecular weight is 276 g/mol. The van der Waals surface area contributed by atoms with E-state index in [1.54, 1.807) is 16.9 Å². The van der Waals surface area contributed by atoms with Gasteiger partial charge in [0, 0.05) is 17.9 Å². The van der Waals surface area contributed by atoms with Gasteiger partial charge in [-0.15, -0.1) is 0 Å². The Hall–Kier alpha value is -2.11. The SMILES string of the molecule is CC(C)c1cc2c(NC(C)(C)CC(=O)O)nccn2n1. The highest BCUT2D eigenvalue weighted by atomic mass is 16.4. The molecule has 2 aromatic heterocycles. The molecule has 0 saturated carbocycles. The lowest BCUT2D eigenvalue weighted by Crippen LogP contribution is -2.34. The lowest BCUT2D eigenvalue weighted by molar-refractivity contribution is -0.137. The predicted octanol–water partition coefficient (Wildman–Crippen LogP) is 2.52. The van der Waals surface area contributed by atoms with Crippen molar-refractivity contribution in [3.8, 4) is 0 Å². The Bertz CT molecular complexity index is 631. The van der Waals surface area contributed by atoms with E-state index in [2.05, 4.69) is 29.2 Å². The number of carboxylic acid groups (broad SMARTS) is 1. The third-order valence-corrected chi connectivity index (χ3v) is 3.05. The predicted molar refractivity (Wildman–Crippen MR) is 77.0 cm³/mol. The zero-order valence-electron chi connectivity index (χ0n) is 12.2. The number of aromatic nitrogens is 3. The van der Waals surface area contributed by atoms with Crippen LogP contribution in [0.4, 0.5) is 5.82 Å². The lowest BCUT2D eigenvalue weighted by atomic mass is 10.0. The van der Waals surface area contributed by atoms with Crippen molar-refractivity contribution >= 4 is 17.3 Å². The molecule has 0 aromatic carbocycles. The van der Waals surface area contributed by atoms with Crippen LogP contribution < -0.4 is 5.32 Å². The average Bonchev–Trinajstić information content (AvgIpc) is 2.71. The van der Waals surface area contributed by atoms with E-state index in [4.69, 9.17) is 5.11 Å². The molecule has 0 atom stereocenters. The molecule has 2 aromatic rings. The van der Waals surface area contributed by atoms with Gasteiger partial charge in [-0.1, -0.05) is 13.8 Å². The normalized spacial score (nSPS) is 12.1. The van der Waals surface area contributed by atoms with Crippen LogP contribution >= 0.6 is 0 Å². The van der Waals surface area contributed by atoms with Crippen molar-refractivity contribution in [2.24, 2.45) is 0 Å². The van der Waals surface area contributed by atoms with Crippen LogP contribution in [0.2, 0.25) is 0 Å². The van der Waals surface area contributed by atoms with Crippen molar-refractivity contribution in [1.82, 2.24) is 14.6 Å². The van der Waals surface area contributed by atoms with E-state index < -0.39 is 11.5 Å². The Morgan fingerprint density at radius 1 is 1.50 bits per heavy atom. The van der Waals surface area contributed by atoms with Crippen LogP contribution in [0, 0.1) is 0 Å². The van der Waals surface area contributed by atoms with Gasteiger partial charge in [0.05, 0.1) is 12.1 Å². The quantitative estimate of drug-likeness (QED) is 0.877. The third-order valence-electron chi connectivity index (χ3n) is 3.05. The Morgan fingerprint density at radius 2 is 2.20 bits per heavy atom. The maximum Gasteiger partial charge on any atom is 0.305 e. The maximum atomic E-state index is 10.9. The Labute approximate surface area is 117 Å². The Balaban J connectivity index is 2.37. The molecule has 0 fully saturated rings. The summed E-state index contributed by atoms with van der Waals surface area (Å²) in [6.07, 6.45) is 3.46. The summed E-state index contributed by atoms with van der Waals surface area (Å²) in [5.74, 6) is 0.138. The van der Waals surface area contributed by atoms with Crippen LogP contribution in [0.1, 0.15) is 45.7 Å². The molecule has 0 unspecified atom stereocenters. The van der Waals surface area contributed by atoms with E-state index in [1.165, 1.54) is 0 Å². The van der Waals surface area contributed by atoms with Gasteiger partial charge >= 0.3 is 5.97 Å². The zero-order chi connectivity index (χ0) is 14.9. The van der Waals surface area contributed by atoms with Crippen molar-refractivity contribution in [2.75, 3.05) is 5.32 Å². The summed E-state index contributed by atoms with van der Waals surface area (Å²) in [6, 6.07) is 1.98. The molecule has 108 valence electrons. The van der Waals surface area contributed by atoms with Gasteiger partial charge in [0.15, 0.2) is 5.82 Å². The highest BCUT2D eigenvalue weighted by molar-refractivity contribution is 5.72. The molecule has 0 aliphatic rings. The topological polar surface area (TPSA) is 79.5 Å². The minimum atomic E-state index is -0.842. The van der Waals surface area contributed by atoms with Crippen molar-refractivity contribution in [1.29, 1.82) is 0 Å². The molecule has 20 heavy (non-hydrogen) atoms. The summed E-state index contributed by atoms with van der Waals surface area (Å²) in [5.41, 5.74) is 1.26. The monoisotopic (exact) mass is 276 g/mol. The van der Waals surface area contributed by atoms with Crippen LogP contribution in [-0.2, 0) is 4.79 Å². The molecule has 6 nitrogen and oxygen atoms in total. The number of nitrogens with one attached hydrogen (secondary N) is 1. The number of nitrogens with zero attached hydrogens (tertiary/aromatic N) is 3. The maximum absolute atomic E-state index is 10.9. The van der Waals surface area contributed by atoms with E-state index >= 15 is 0 Å². The van der Waals surface area contributed by atoms with Crippen LogP contribution in [0.25, 0.3) is 5.52 Å². The molecule has 2 rings (SSSR count). The van der Waals surface area contributed by atoms with E-state index in [1.807, 2.05) is 19.9 Å². The van der Waals surface area contributed by atoms with Crippen molar-refractivity contribution in [3.05, 3.63) is 24.2 Å². The first-order valence-corrected chi connectivity index (χ1v) is 6.63. The fourth-order valence-corrected chi connectivity index (χ4v) is 2.06. The lowest BCUT2D eigenvalue weighted by Gasteiger charge is -2.25. The molecule has 2 N–H and O–H groups in total. The molecule has 0 bridgehead atoms. The van der Waals surface area contributed by atoms with Gasteiger partial charge in [-0.3, -0.25) is 4.79 Å². The van der Waals surface area contributed by atoms with Gasteiger partial charge in [0.2, 0.25) is 0 Å². The molecule has 0 spiro atoms. The highest BCUT2D eigenvalue weighted by Crippen LogP contribution is 2.23. The van der Waals surface area contributed by atoms with E-state index in [9.17, 15) is 4.79 Å². The summed E-state index contributed by atoms with van der Waals surface area (Å²) in [5, 5.41) is 16.6. The van der Waals surface area contributed by atoms with Gasteiger partial charge in [0.1, 0.15) is 5.52 Å². The number of rotatable bonds is 5. The third kappa shape index (κ3) is 3.07. The van der Waals surface area contributed by atoms with Gasteiger partial charge in [-0.05, 0) is 25.8 Å². The fourth-order valence-electron chi connectivity index (χ4n) is 2.06. The number of fused-ring (bicyclic) bond motifs is 1. The highest BCUT2D eigenvalue weighted by Gasteiger charge is 2.23. The van der Waals surface area contributed by atoms with Crippen LogP contribution in [0.3, 0.4) is 0 Å². The van der Waals surface area contributed by atoms with Crippen molar-refractivity contribution in [3.63, 3.8) is 0 Å². The van der Waals surface area contributed by atoms with Crippen molar-refractivity contribution in [2.45, 2.75) is 45.6 Å². The summed E-state index contributed by atoms with van der Waals surface area (Å²) in [6.45, 7) is 7.84. The van der Waals surface area contributed by atoms with E-state index in [0.717, 1.165) is 11.2 Å². The summed E-state index contributed by atoms with van der Waals surface area (Å²) < 4.78 is 1.77. The Morgan fingerprint density at radius 3 is 2.80 bits per heavy atom. The first-order chi connectivity index (χ1) is 9.28. The summed E-state index contributed by atoms with van der Waals surface area (Å²) in [7, 11) is 0. The second-order valence-corrected chi connectivity index (χ2v) is 5.91. The minimum absolute atomic E-state index is 0.0148. The first kappa shape index (κ1) is 14.3. The number of carboxylic acids is 1. The van der Waals surface area contributed by atoms with Gasteiger partial charge in [-0.25, -0.2) is 9.50 Å². The second kappa shape index (κ2) is 5.11. The van der Waals surface area contributed by atoms with Crippen LogP contribution in [0.15, 0.2) is 18.5 Å². The van der Waals surface area contributed by atoms with Gasteiger partial charge in [0.25, 0.3) is 0 Å². The van der Waals surface area contributed by atoms with Gasteiger partial charge < -0.3 is 10.4 Å². The zero-order valence-corrected chi connectivity index (χ0v) is 12.2. The molecule has 0 aliphatic heterocycles. The number of aliphatic carboxylic acids is 1. The van der Waals surface area contributed by atoms with Crippen molar-refractivity contribution < 1.29 is 9.90 Å². The molecule has 0 aliphatic carbocycles. The molecule has 6 heteroatoms. The summed E-state index contributed by atoms with van der Waals surface area (Å²) in [4.78, 5) is 15.2. The molecule has 0 radical (unpaired) electrons. The fraction of sp³-hybridized carbons (Fsp3) is 0.500. The standard InChI is InChI=1S/C14H20N4O2/c1-9(2)10-7-11-13(15-5-6-18(11)17-10)16-14(3,4)8-12(19)20/h5-7,9H,8H2,1-4H3,(H,15,16)(H,19,20).